The molecule has 3 nitrogen and oxygen atoms in total. The number of methoxy groups -OCH3 is 1. The maximum atomic E-state index is 5.12. The molecule has 0 fully saturated rings. The van der Waals surface area contributed by atoms with Gasteiger partial charge >= 0.3 is 0 Å². The topological polar surface area (TPSA) is 35.0 Å². The molecule has 0 saturated heterocycles. The third kappa shape index (κ3) is 1.66. The zero-order valence-corrected chi connectivity index (χ0v) is 7.61. The van der Waals surface area contributed by atoms with Crippen LogP contribution in [0.2, 0.25) is 0 Å². The van der Waals surface area contributed by atoms with E-state index in [4.69, 9.17) is 4.74 Å². The van der Waals surface area contributed by atoms with Gasteiger partial charge in [-0.3, -0.25) is 0 Å². The molecule has 14 heavy (non-hydrogen) atoms. The monoisotopic (exact) mass is 190 g/mol. The fraction of sp³-hybridized carbons (Fsp3) is 0.273. The first kappa shape index (κ1) is 10.4. The Morgan fingerprint density at radius 3 is 2.71 bits per heavy atom. The van der Waals surface area contributed by atoms with Crippen molar-refractivity contribution in [1.82, 2.24) is 9.97 Å². The minimum Gasteiger partial charge on any atom is -0.497 e. The van der Waals surface area contributed by atoms with Crippen LogP contribution in [-0.2, 0) is 0 Å². The van der Waals surface area contributed by atoms with Gasteiger partial charge in [0, 0.05) is 11.1 Å². The number of benzene rings is 1. The van der Waals surface area contributed by atoms with E-state index in [0.29, 0.717) is 0 Å². The Labute approximate surface area is 83.8 Å². The van der Waals surface area contributed by atoms with E-state index in [1.165, 1.54) is 0 Å². The maximum absolute atomic E-state index is 5.12. The number of ether oxygens (including phenoxy) is 1. The average molecular weight is 190 g/mol. The van der Waals surface area contributed by atoms with Gasteiger partial charge < -0.3 is 4.74 Å². The third-order valence-electron chi connectivity index (χ3n) is 2.04. The van der Waals surface area contributed by atoms with Gasteiger partial charge in [-0.05, 0) is 25.1 Å². The molecule has 74 valence electrons. The highest BCUT2D eigenvalue weighted by Crippen LogP contribution is 2.20. The summed E-state index contributed by atoms with van der Waals surface area (Å²) in [6.07, 6.45) is 1.57. The number of rotatable bonds is 1. The number of hydrogen-bond acceptors (Lipinski definition) is 3. The Morgan fingerprint density at radius 2 is 2.00 bits per heavy atom. The van der Waals surface area contributed by atoms with Gasteiger partial charge in [0.15, 0.2) is 0 Å². The molecule has 1 aromatic heterocycles. The molecule has 2 aromatic rings. The summed E-state index contributed by atoms with van der Waals surface area (Å²) in [5.74, 6) is 0.838. The number of aromatic nitrogens is 2. The summed E-state index contributed by atoms with van der Waals surface area (Å²) in [4.78, 5) is 8.27. The lowest BCUT2D eigenvalue weighted by atomic mass is 10.2. The minimum absolute atomic E-state index is 0. The Hall–Kier alpha value is -1.64. The second-order valence-electron chi connectivity index (χ2n) is 2.84. The van der Waals surface area contributed by atoms with Crippen LogP contribution in [0.1, 0.15) is 13.1 Å². The first-order valence-corrected chi connectivity index (χ1v) is 4.06. The van der Waals surface area contributed by atoms with Crippen molar-refractivity contribution in [3.63, 3.8) is 0 Å². The Kier molecular flexibility index (Phi) is 3.02. The molecule has 3 heteroatoms. The van der Waals surface area contributed by atoms with Crippen molar-refractivity contribution in [2.45, 2.75) is 14.4 Å². The standard InChI is InChI=1S/C10H10N2O.CH4/c1-7-9-5-8(13-2)3-4-10(9)12-6-11-7;/h3-6H,1-2H3;1H4. The molecule has 0 aliphatic carbocycles. The summed E-state index contributed by atoms with van der Waals surface area (Å²) in [6.45, 7) is 1.96. The SMILES string of the molecule is C.COc1ccc2ncnc(C)c2c1. The van der Waals surface area contributed by atoms with Crippen LogP contribution in [0.15, 0.2) is 24.5 Å². The molecule has 0 aliphatic heterocycles. The molecule has 0 spiro atoms. The molecule has 0 atom stereocenters. The van der Waals surface area contributed by atoms with Gasteiger partial charge in [0.05, 0.1) is 12.6 Å². The van der Waals surface area contributed by atoms with Gasteiger partial charge in [0.2, 0.25) is 0 Å². The lowest BCUT2D eigenvalue weighted by molar-refractivity contribution is 0.415. The first-order chi connectivity index (χ1) is 6.31. The molecule has 0 aliphatic rings. The van der Waals surface area contributed by atoms with E-state index in [0.717, 1.165) is 22.3 Å². The molecule has 1 heterocycles. The van der Waals surface area contributed by atoms with E-state index in [-0.39, 0.29) is 7.43 Å². The normalized spacial score (nSPS) is 9.57. The van der Waals surface area contributed by atoms with Gasteiger partial charge in [-0.15, -0.1) is 0 Å². The second-order valence-corrected chi connectivity index (χ2v) is 2.84. The second kappa shape index (κ2) is 4.05. The van der Waals surface area contributed by atoms with Crippen LogP contribution < -0.4 is 4.74 Å². The van der Waals surface area contributed by atoms with Gasteiger partial charge in [-0.2, -0.15) is 0 Å². The summed E-state index contributed by atoms with van der Waals surface area (Å²) in [5.41, 5.74) is 1.93. The third-order valence-corrected chi connectivity index (χ3v) is 2.04. The smallest absolute Gasteiger partial charge is 0.119 e. The number of aryl methyl sites for hydroxylation is 1. The molecular weight excluding hydrogens is 176 g/mol. The summed E-state index contributed by atoms with van der Waals surface area (Å²) in [6, 6.07) is 5.78. The van der Waals surface area contributed by atoms with Crippen molar-refractivity contribution in [2.75, 3.05) is 7.11 Å². The first-order valence-electron chi connectivity index (χ1n) is 4.06. The summed E-state index contributed by atoms with van der Waals surface area (Å²) >= 11 is 0. The highest BCUT2D eigenvalue weighted by molar-refractivity contribution is 5.81. The summed E-state index contributed by atoms with van der Waals surface area (Å²) < 4.78 is 5.12. The summed E-state index contributed by atoms with van der Waals surface area (Å²) in [7, 11) is 1.65. The van der Waals surface area contributed by atoms with Crippen LogP contribution in [0.5, 0.6) is 5.75 Å². The highest BCUT2D eigenvalue weighted by atomic mass is 16.5. The lowest BCUT2D eigenvalue weighted by Crippen LogP contribution is -1.88. The Morgan fingerprint density at radius 1 is 1.21 bits per heavy atom. The largest absolute Gasteiger partial charge is 0.497 e. The molecule has 0 amide bonds. The van der Waals surface area contributed by atoms with E-state index < -0.39 is 0 Å². The molecule has 0 bridgehead atoms. The van der Waals surface area contributed by atoms with Crippen molar-refractivity contribution in [3.8, 4) is 5.75 Å². The quantitative estimate of drug-likeness (QED) is 0.693. The van der Waals surface area contributed by atoms with Crippen LogP contribution >= 0.6 is 0 Å². The van der Waals surface area contributed by atoms with Crippen LogP contribution in [0.3, 0.4) is 0 Å². The molecule has 2 rings (SSSR count). The zero-order chi connectivity index (χ0) is 9.26. The summed E-state index contributed by atoms with van der Waals surface area (Å²) in [5, 5.41) is 1.04. The van der Waals surface area contributed by atoms with Crippen LogP contribution in [0.4, 0.5) is 0 Å². The Balaban J connectivity index is 0.000000980. The van der Waals surface area contributed by atoms with E-state index in [1.807, 2.05) is 25.1 Å². The van der Waals surface area contributed by atoms with E-state index >= 15 is 0 Å². The Bertz CT molecular complexity index is 440. The van der Waals surface area contributed by atoms with Crippen molar-refractivity contribution in [2.24, 2.45) is 0 Å². The van der Waals surface area contributed by atoms with Crippen LogP contribution in [0, 0.1) is 6.92 Å². The van der Waals surface area contributed by atoms with Crippen molar-refractivity contribution >= 4 is 10.9 Å². The predicted molar refractivity (Wildman–Crippen MR) is 57.6 cm³/mol. The number of fused-ring (bicyclic) bond motifs is 1. The number of hydrogen-bond donors (Lipinski definition) is 0. The average Bonchev–Trinajstić information content (AvgIpc) is 2.18. The van der Waals surface area contributed by atoms with Gasteiger partial charge in [-0.25, -0.2) is 9.97 Å². The lowest BCUT2D eigenvalue weighted by Gasteiger charge is -2.02. The molecule has 0 N–H and O–H groups in total. The minimum atomic E-state index is 0. The maximum Gasteiger partial charge on any atom is 0.119 e. The van der Waals surface area contributed by atoms with Crippen molar-refractivity contribution in [3.05, 3.63) is 30.2 Å². The molecule has 1 aromatic carbocycles. The molecule has 0 saturated carbocycles. The van der Waals surface area contributed by atoms with Gasteiger partial charge in [-0.1, -0.05) is 7.43 Å². The molecule has 0 unspecified atom stereocenters. The van der Waals surface area contributed by atoms with E-state index in [9.17, 15) is 0 Å². The van der Waals surface area contributed by atoms with E-state index in [1.54, 1.807) is 13.4 Å². The predicted octanol–water partition coefficient (Wildman–Crippen LogP) is 2.58. The van der Waals surface area contributed by atoms with Crippen LogP contribution in [-0.4, -0.2) is 17.1 Å². The fourth-order valence-corrected chi connectivity index (χ4v) is 1.29. The van der Waals surface area contributed by atoms with Crippen molar-refractivity contribution in [1.29, 1.82) is 0 Å². The fourth-order valence-electron chi connectivity index (χ4n) is 1.29. The zero-order valence-electron chi connectivity index (χ0n) is 7.61. The number of nitrogens with zero attached hydrogens (tertiary/aromatic N) is 2. The molecular formula is C11H14N2O. The highest BCUT2D eigenvalue weighted by Gasteiger charge is 2.00. The van der Waals surface area contributed by atoms with Crippen molar-refractivity contribution < 1.29 is 4.74 Å². The van der Waals surface area contributed by atoms with Gasteiger partial charge in [0.25, 0.3) is 0 Å². The molecule has 0 radical (unpaired) electrons. The van der Waals surface area contributed by atoms with Crippen LogP contribution in [0.25, 0.3) is 10.9 Å². The van der Waals surface area contributed by atoms with Gasteiger partial charge in [0.1, 0.15) is 12.1 Å². The van der Waals surface area contributed by atoms with E-state index in [2.05, 4.69) is 9.97 Å².